The van der Waals surface area contributed by atoms with Gasteiger partial charge >= 0.3 is 5.97 Å². The van der Waals surface area contributed by atoms with Gasteiger partial charge in [0.15, 0.2) is 9.84 Å². The molecule has 0 amide bonds. The highest BCUT2D eigenvalue weighted by atomic mass is 32.2. The Kier molecular flexibility index (Phi) is 5.38. The molecule has 1 aliphatic heterocycles. The molecule has 1 saturated heterocycles. The second-order valence-corrected chi connectivity index (χ2v) is 9.03. The summed E-state index contributed by atoms with van der Waals surface area (Å²) in [4.78, 5) is 13.1. The molecule has 0 bridgehead atoms. The first kappa shape index (κ1) is 16.4. The maximum atomic E-state index is 12.1. The van der Waals surface area contributed by atoms with Crippen molar-refractivity contribution < 1.29 is 18.3 Å². The molecule has 0 aromatic carbocycles. The second-order valence-electron chi connectivity index (χ2n) is 6.17. The lowest BCUT2D eigenvalue weighted by atomic mass is 10.1. The molecule has 1 unspecified atom stereocenters. The highest BCUT2D eigenvalue weighted by Gasteiger charge is 2.32. The van der Waals surface area contributed by atoms with E-state index in [0.717, 1.165) is 19.3 Å². The van der Waals surface area contributed by atoms with Crippen LogP contribution >= 0.6 is 0 Å². The number of carboxylic acid groups (broad SMARTS) is 1. The molecule has 6 heteroatoms. The van der Waals surface area contributed by atoms with Crippen molar-refractivity contribution in [1.29, 1.82) is 0 Å². The molecule has 0 spiro atoms. The SMILES string of the molecule is CC(C)(C)S(=O)(=O)CCN1CCCCCC1C(=O)O. The summed E-state index contributed by atoms with van der Waals surface area (Å²) in [6.45, 7) is 6.03. The van der Waals surface area contributed by atoms with Gasteiger partial charge in [-0.2, -0.15) is 0 Å². The molecule has 0 saturated carbocycles. The average Bonchev–Trinajstić information content (AvgIpc) is 2.49. The number of aliphatic carboxylic acids is 1. The molecule has 1 fully saturated rings. The summed E-state index contributed by atoms with van der Waals surface area (Å²) >= 11 is 0. The van der Waals surface area contributed by atoms with Gasteiger partial charge in [0.2, 0.25) is 0 Å². The normalized spacial score (nSPS) is 23.0. The zero-order valence-corrected chi connectivity index (χ0v) is 12.9. The van der Waals surface area contributed by atoms with Crippen molar-refractivity contribution in [3.8, 4) is 0 Å². The van der Waals surface area contributed by atoms with Gasteiger partial charge in [-0.05, 0) is 40.2 Å². The summed E-state index contributed by atoms with van der Waals surface area (Å²) in [5, 5.41) is 9.23. The largest absolute Gasteiger partial charge is 0.480 e. The third kappa shape index (κ3) is 4.45. The fourth-order valence-corrected chi connectivity index (χ4v) is 3.35. The number of carbonyl (C=O) groups is 1. The van der Waals surface area contributed by atoms with Crippen molar-refractivity contribution in [3.63, 3.8) is 0 Å². The number of hydrogen-bond donors (Lipinski definition) is 1. The minimum atomic E-state index is -3.19. The smallest absolute Gasteiger partial charge is 0.320 e. The van der Waals surface area contributed by atoms with Crippen molar-refractivity contribution in [2.75, 3.05) is 18.8 Å². The molecule has 0 aromatic rings. The first-order valence-corrected chi connectivity index (χ1v) is 8.49. The van der Waals surface area contributed by atoms with Gasteiger partial charge in [0, 0.05) is 6.54 Å². The molecular weight excluding hydrogens is 266 g/mol. The number of likely N-dealkylation sites (tertiary alicyclic amines) is 1. The maximum Gasteiger partial charge on any atom is 0.320 e. The predicted molar refractivity (Wildman–Crippen MR) is 75.0 cm³/mol. The van der Waals surface area contributed by atoms with E-state index in [1.54, 1.807) is 20.8 Å². The topological polar surface area (TPSA) is 74.7 Å². The van der Waals surface area contributed by atoms with E-state index < -0.39 is 26.6 Å². The van der Waals surface area contributed by atoms with Gasteiger partial charge in [0.25, 0.3) is 0 Å². The van der Waals surface area contributed by atoms with Crippen LogP contribution in [0.25, 0.3) is 0 Å². The number of nitrogens with zero attached hydrogens (tertiary/aromatic N) is 1. The first-order chi connectivity index (χ1) is 8.65. The molecule has 1 rings (SSSR count). The van der Waals surface area contributed by atoms with Gasteiger partial charge in [-0.25, -0.2) is 8.42 Å². The Morgan fingerprint density at radius 1 is 1.26 bits per heavy atom. The Balaban J connectivity index is 2.70. The fourth-order valence-electron chi connectivity index (χ4n) is 2.26. The lowest BCUT2D eigenvalue weighted by Crippen LogP contribution is -2.44. The van der Waals surface area contributed by atoms with Crippen LogP contribution < -0.4 is 0 Å². The van der Waals surface area contributed by atoms with Crippen LogP contribution in [0.15, 0.2) is 0 Å². The standard InChI is InChI=1S/C13H25NO4S/c1-13(2,3)19(17,18)10-9-14-8-6-4-5-7-11(14)12(15)16/h11H,4-10H2,1-3H3,(H,15,16). The van der Waals surface area contributed by atoms with E-state index in [4.69, 9.17) is 0 Å². The molecule has 1 aliphatic rings. The Hall–Kier alpha value is -0.620. The monoisotopic (exact) mass is 291 g/mol. The summed E-state index contributed by atoms with van der Waals surface area (Å²) in [6.07, 6.45) is 3.48. The van der Waals surface area contributed by atoms with Crippen molar-refractivity contribution in [2.45, 2.75) is 57.2 Å². The van der Waals surface area contributed by atoms with Crippen LogP contribution in [0.1, 0.15) is 46.5 Å². The van der Waals surface area contributed by atoms with E-state index in [0.29, 0.717) is 19.5 Å². The van der Waals surface area contributed by atoms with Crippen molar-refractivity contribution >= 4 is 15.8 Å². The van der Waals surface area contributed by atoms with Gasteiger partial charge in [-0.15, -0.1) is 0 Å². The summed E-state index contributed by atoms with van der Waals surface area (Å²) in [7, 11) is -3.19. The predicted octanol–water partition coefficient (Wildman–Crippen LogP) is 1.53. The average molecular weight is 291 g/mol. The highest BCUT2D eigenvalue weighted by molar-refractivity contribution is 7.92. The third-order valence-electron chi connectivity index (χ3n) is 3.73. The molecule has 1 heterocycles. The molecule has 0 aliphatic carbocycles. The summed E-state index contributed by atoms with van der Waals surface area (Å²) in [5.41, 5.74) is 0. The minimum Gasteiger partial charge on any atom is -0.480 e. The van der Waals surface area contributed by atoms with E-state index in [2.05, 4.69) is 0 Å². The first-order valence-electron chi connectivity index (χ1n) is 6.84. The molecule has 0 aromatic heterocycles. The minimum absolute atomic E-state index is 0.0281. The zero-order chi connectivity index (χ0) is 14.7. The molecule has 19 heavy (non-hydrogen) atoms. The lowest BCUT2D eigenvalue weighted by Gasteiger charge is -2.28. The number of rotatable bonds is 4. The van der Waals surface area contributed by atoms with Crippen LogP contribution in [0, 0.1) is 0 Å². The van der Waals surface area contributed by atoms with E-state index in [-0.39, 0.29) is 5.75 Å². The number of hydrogen-bond acceptors (Lipinski definition) is 4. The number of sulfone groups is 1. The van der Waals surface area contributed by atoms with E-state index >= 15 is 0 Å². The van der Waals surface area contributed by atoms with E-state index in [1.165, 1.54) is 0 Å². The summed E-state index contributed by atoms with van der Waals surface area (Å²) in [6, 6.07) is -0.530. The van der Waals surface area contributed by atoms with Gasteiger partial charge in [-0.3, -0.25) is 9.69 Å². The number of carboxylic acids is 1. The second kappa shape index (κ2) is 6.22. The van der Waals surface area contributed by atoms with E-state index in [1.807, 2.05) is 4.90 Å². The van der Waals surface area contributed by atoms with Gasteiger partial charge in [-0.1, -0.05) is 12.8 Å². The summed E-state index contributed by atoms with van der Waals surface area (Å²) < 4.78 is 23.4. The maximum absolute atomic E-state index is 12.1. The van der Waals surface area contributed by atoms with Crippen LogP contribution in [0.5, 0.6) is 0 Å². The van der Waals surface area contributed by atoms with Gasteiger partial charge in [0.05, 0.1) is 10.5 Å². The molecule has 0 radical (unpaired) electrons. The lowest BCUT2D eigenvalue weighted by molar-refractivity contribution is -0.143. The van der Waals surface area contributed by atoms with Crippen LogP contribution in [0.2, 0.25) is 0 Å². The molecular formula is C13H25NO4S. The molecule has 1 atom stereocenters. The van der Waals surface area contributed by atoms with Crippen LogP contribution in [-0.2, 0) is 14.6 Å². The van der Waals surface area contributed by atoms with Gasteiger partial charge in [0.1, 0.15) is 6.04 Å². The molecule has 1 N–H and O–H groups in total. The van der Waals surface area contributed by atoms with Crippen molar-refractivity contribution in [3.05, 3.63) is 0 Å². The quantitative estimate of drug-likeness (QED) is 0.850. The Labute approximate surface area is 115 Å². The van der Waals surface area contributed by atoms with Crippen molar-refractivity contribution in [1.82, 2.24) is 4.90 Å². The third-order valence-corrected chi connectivity index (χ3v) is 6.32. The molecule has 5 nitrogen and oxygen atoms in total. The van der Waals surface area contributed by atoms with E-state index in [9.17, 15) is 18.3 Å². The Morgan fingerprint density at radius 3 is 2.42 bits per heavy atom. The Morgan fingerprint density at radius 2 is 1.89 bits per heavy atom. The Bertz CT molecular complexity index is 411. The van der Waals surface area contributed by atoms with Crippen LogP contribution in [-0.4, -0.2) is 54.0 Å². The van der Waals surface area contributed by atoms with Crippen LogP contribution in [0.3, 0.4) is 0 Å². The zero-order valence-electron chi connectivity index (χ0n) is 12.1. The van der Waals surface area contributed by atoms with Gasteiger partial charge < -0.3 is 5.11 Å². The van der Waals surface area contributed by atoms with Crippen molar-refractivity contribution in [2.24, 2.45) is 0 Å². The molecule has 112 valence electrons. The summed E-state index contributed by atoms with van der Waals surface area (Å²) in [5.74, 6) is -0.810. The van der Waals surface area contributed by atoms with Crippen LogP contribution in [0.4, 0.5) is 0 Å². The highest BCUT2D eigenvalue weighted by Crippen LogP contribution is 2.20. The fraction of sp³-hybridized carbons (Fsp3) is 0.923.